The SMILES string of the molecule is Cc1ccc(Nc2nc3ccccc3nc2NS(=O)(=O)c2ccc(Br)cc2)c(C)c1. The third-order valence-corrected chi connectivity index (χ3v) is 6.44. The molecule has 0 radical (unpaired) electrons. The van der Waals surface area contributed by atoms with Crippen molar-refractivity contribution in [1.82, 2.24) is 9.97 Å². The predicted molar refractivity (Wildman–Crippen MR) is 124 cm³/mol. The average Bonchev–Trinajstić information content (AvgIpc) is 2.70. The Kier molecular flexibility index (Phi) is 5.44. The van der Waals surface area contributed by atoms with E-state index in [0.717, 1.165) is 21.3 Å². The Morgan fingerprint density at radius 3 is 2.10 bits per heavy atom. The van der Waals surface area contributed by atoms with Gasteiger partial charge in [-0.2, -0.15) is 0 Å². The maximum absolute atomic E-state index is 12.9. The van der Waals surface area contributed by atoms with Crippen molar-refractivity contribution >= 4 is 54.3 Å². The summed E-state index contributed by atoms with van der Waals surface area (Å²) in [7, 11) is -3.84. The molecule has 0 aliphatic heterocycles. The molecule has 0 aliphatic rings. The molecule has 0 atom stereocenters. The van der Waals surface area contributed by atoms with Crippen LogP contribution in [-0.2, 0) is 10.0 Å². The lowest BCUT2D eigenvalue weighted by Crippen LogP contribution is -2.16. The quantitative estimate of drug-likeness (QED) is 0.389. The number of halogens is 1. The molecule has 1 heterocycles. The van der Waals surface area contributed by atoms with Crippen LogP contribution in [-0.4, -0.2) is 18.4 Å². The normalized spacial score (nSPS) is 11.4. The van der Waals surface area contributed by atoms with E-state index in [1.165, 1.54) is 12.1 Å². The smallest absolute Gasteiger partial charge is 0.263 e. The third kappa shape index (κ3) is 4.29. The number of aryl methyl sites for hydroxylation is 2. The van der Waals surface area contributed by atoms with Crippen LogP contribution in [0.25, 0.3) is 11.0 Å². The summed E-state index contributed by atoms with van der Waals surface area (Å²) in [5.41, 5.74) is 4.24. The van der Waals surface area contributed by atoms with Gasteiger partial charge in [0.1, 0.15) is 0 Å². The summed E-state index contributed by atoms with van der Waals surface area (Å²) >= 11 is 3.32. The van der Waals surface area contributed by atoms with E-state index in [-0.39, 0.29) is 10.7 Å². The van der Waals surface area contributed by atoms with Crippen molar-refractivity contribution in [3.8, 4) is 0 Å². The van der Waals surface area contributed by atoms with Crippen molar-refractivity contribution in [1.29, 1.82) is 0 Å². The average molecular weight is 483 g/mol. The highest BCUT2D eigenvalue weighted by atomic mass is 79.9. The zero-order valence-electron chi connectivity index (χ0n) is 16.3. The molecule has 0 spiro atoms. The minimum Gasteiger partial charge on any atom is -0.337 e. The lowest BCUT2D eigenvalue weighted by molar-refractivity contribution is 0.601. The van der Waals surface area contributed by atoms with Crippen molar-refractivity contribution in [2.24, 2.45) is 0 Å². The fraction of sp³-hybridized carbons (Fsp3) is 0.0909. The summed E-state index contributed by atoms with van der Waals surface area (Å²) in [6.45, 7) is 4.00. The number of nitrogens with zero attached hydrogens (tertiary/aromatic N) is 2. The van der Waals surface area contributed by atoms with E-state index < -0.39 is 10.0 Å². The molecular weight excluding hydrogens is 464 g/mol. The molecule has 0 aliphatic carbocycles. The van der Waals surface area contributed by atoms with Gasteiger partial charge in [0, 0.05) is 10.2 Å². The Labute approximate surface area is 183 Å². The molecule has 0 saturated carbocycles. The predicted octanol–water partition coefficient (Wildman–Crippen LogP) is 5.55. The van der Waals surface area contributed by atoms with Crippen molar-refractivity contribution in [2.45, 2.75) is 18.7 Å². The number of sulfonamides is 1. The Balaban J connectivity index is 1.79. The zero-order valence-corrected chi connectivity index (χ0v) is 18.8. The van der Waals surface area contributed by atoms with Crippen LogP contribution in [0, 0.1) is 13.8 Å². The van der Waals surface area contributed by atoms with Crippen LogP contribution < -0.4 is 10.0 Å². The maximum atomic E-state index is 12.9. The molecule has 3 aromatic carbocycles. The van der Waals surface area contributed by atoms with E-state index in [0.29, 0.717) is 16.9 Å². The highest BCUT2D eigenvalue weighted by Gasteiger charge is 2.19. The van der Waals surface area contributed by atoms with E-state index in [1.54, 1.807) is 18.2 Å². The highest BCUT2D eigenvalue weighted by molar-refractivity contribution is 9.10. The second kappa shape index (κ2) is 8.04. The standard InChI is InChI=1S/C22H19BrN4O2S/c1-14-7-12-18(15(2)13-14)24-21-22(26-20-6-4-3-5-19(20)25-21)27-30(28,29)17-10-8-16(23)9-11-17/h3-13H,1-2H3,(H,24,25)(H,26,27). The summed E-state index contributed by atoms with van der Waals surface area (Å²) in [5, 5.41) is 3.24. The minimum atomic E-state index is -3.84. The number of para-hydroxylation sites is 2. The van der Waals surface area contributed by atoms with Crippen molar-refractivity contribution < 1.29 is 8.42 Å². The van der Waals surface area contributed by atoms with E-state index >= 15 is 0 Å². The molecule has 0 bridgehead atoms. The molecule has 0 unspecified atom stereocenters. The lowest BCUT2D eigenvalue weighted by atomic mass is 10.1. The van der Waals surface area contributed by atoms with Crippen LogP contribution in [0.2, 0.25) is 0 Å². The van der Waals surface area contributed by atoms with Crippen LogP contribution in [0.15, 0.2) is 76.1 Å². The number of fused-ring (bicyclic) bond motifs is 1. The first-order chi connectivity index (χ1) is 14.3. The third-order valence-electron chi connectivity index (χ3n) is 4.56. The zero-order chi connectivity index (χ0) is 21.3. The van der Waals surface area contributed by atoms with E-state index in [9.17, 15) is 8.42 Å². The maximum Gasteiger partial charge on any atom is 0.263 e. The van der Waals surface area contributed by atoms with Crippen LogP contribution >= 0.6 is 15.9 Å². The summed E-state index contributed by atoms with van der Waals surface area (Å²) in [6, 6.07) is 19.7. The van der Waals surface area contributed by atoms with Crippen LogP contribution in [0.3, 0.4) is 0 Å². The number of benzene rings is 3. The van der Waals surface area contributed by atoms with Gasteiger partial charge < -0.3 is 5.32 Å². The fourth-order valence-electron chi connectivity index (χ4n) is 3.04. The van der Waals surface area contributed by atoms with Gasteiger partial charge in [0.05, 0.1) is 15.9 Å². The molecule has 4 rings (SSSR count). The number of rotatable bonds is 5. The monoisotopic (exact) mass is 482 g/mol. The van der Waals surface area contributed by atoms with Crippen molar-refractivity contribution in [3.63, 3.8) is 0 Å². The molecule has 0 amide bonds. The Morgan fingerprint density at radius 1 is 0.833 bits per heavy atom. The molecule has 2 N–H and O–H groups in total. The van der Waals surface area contributed by atoms with Gasteiger partial charge in [-0.05, 0) is 61.9 Å². The molecule has 0 saturated heterocycles. The summed E-state index contributed by atoms with van der Waals surface area (Å²) in [4.78, 5) is 9.28. The Morgan fingerprint density at radius 2 is 1.47 bits per heavy atom. The van der Waals surface area contributed by atoms with Gasteiger partial charge in [0.15, 0.2) is 11.6 Å². The first kappa shape index (κ1) is 20.3. The van der Waals surface area contributed by atoms with Gasteiger partial charge in [-0.3, -0.25) is 4.72 Å². The summed E-state index contributed by atoms with van der Waals surface area (Å²) in [5.74, 6) is 0.470. The molecule has 4 aromatic rings. The van der Waals surface area contributed by atoms with E-state index in [1.807, 2.05) is 50.2 Å². The van der Waals surface area contributed by atoms with E-state index in [4.69, 9.17) is 0 Å². The topological polar surface area (TPSA) is 84.0 Å². The molecular formula is C22H19BrN4O2S. The number of anilines is 3. The number of hydrogen-bond donors (Lipinski definition) is 2. The van der Waals surface area contributed by atoms with Crippen molar-refractivity contribution in [3.05, 3.63) is 82.3 Å². The van der Waals surface area contributed by atoms with Gasteiger partial charge >= 0.3 is 0 Å². The molecule has 30 heavy (non-hydrogen) atoms. The molecule has 1 aromatic heterocycles. The summed E-state index contributed by atoms with van der Waals surface area (Å²) in [6.07, 6.45) is 0. The second-order valence-electron chi connectivity index (χ2n) is 6.91. The Bertz CT molecular complexity index is 1340. The largest absolute Gasteiger partial charge is 0.337 e. The van der Waals surface area contributed by atoms with Crippen LogP contribution in [0.1, 0.15) is 11.1 Å². The van der Waals surface area contributed by atoms with Crippen LogP contribution in [0.4, 0.5) is 17.3 Å². The Hall–Kier alpha value is -2.97. The fourth-order valence-corrected chi connectivity index (χ4v) is 4.31. The van der Waals surface area contributed by atoms with Gasteiger partial charge in [-0.15, -0.1) is 0 Å². The first-order valence-electron chi connectivity index (χ1n) is 9.21. The first-order valence-corrected chi connectivity index (χ1v) is 11.5. The van der Waals surface area contributed by atoms with Gasteiger partial charge in [0.2, 0.25) is 0 Å². The highest BCUT2D eigenvalue weighted by Crippen LogP contribution is 2.29. The van der Waals surface area contributed by atoms with Gasteiger partial charge in [-0.1, -0.05) is 45.8 Å². The molecule has 8 heteroatoms. The molecule has 6 nitrogen and oxygen atoms in total. The molecule has 0 fully saturated rings. The van der Waals surface area contributed by atoms with Gasteiger partial charge in [0.25, 0.3) is 10.0 Å². The van der Waals surface area contributed by atoms with E-state index in [2.05, 4.69) is 35.9 Å². The summed E-state index contributed by atoms with van der Waals surface area (Å²) < 4.78 is 29.3. The minimum absolute atomic E-state index is 0.136. The van der Waals surface area contributed by atoms with Crippen molar-refractivity contribution in [2.75, 3.05) is 10.0 Å². The molecule has 152 valence electrons. The number of hydrogen-bond acceptors (Lipinski definition) is 5. The number of nitrogens with one attached hydrogen (secondary N) is 2. The van der Waals surface area contributed by atoms with Gasteiger partial charge in [-0.25, -0.2) is 18.4 Å². The lowest BCUT2D eigenvalue weighted by Gasteiger charge is -2.15. The number of aromatic nitrogens is 2. The van der Waals surface area contributed by atoms with Crippen LogP contribution in [0.5, 0.6) is 0 Å². The second-order valence-corrected chi connectivity index (χ2v) is 9.51.